The van der Waals surface area contributed by atoms with E-state index in [-0.39, 0.29) is 18.3 Å². The van der Waals surface area contributed by atoms with E-state index in [1.54, 1.807) is 0 Å². The fraction of sp³-hybridized carbons (Fsp3) is 0.500. The van der Waals surface area contributed by atoms with Gasteiger partial charge in [0.05, 0.1) is 0 Å². The zero-order chi connectivity index (χ0) is 17.6. The van der Waals surface area contributed by atoms with Gasteiger partial charge in [0.15, 0.2) is 0 Å². The molecule has 1 aliphatic rings. The minimum Gasteiger partial charge on any atom is -0.345 e. The molecule has 1 unspecified atom stereocenters. The van der Waals surface area contributed by atoms with Crippen molar-refractivity contribution in [3.8, 4) is 0 Å². The van der Waals surface area contributed by atoms with Crippen molar-refractivity contribution < 1.29 is 4.79 Å². The Morgan fingerprint density at radius 3 is 2.62 bits per heavy atom. The standard InChI is InChI=1S/C22H30N2O.ClH/c1-17(18-10-13-23-14-11-18)16-22(25)24(2)15-12-20-8-5-7-19-6-3-4-9-21(19)20;/h3-9,17-18,23H,10-16H2,1-2H3;1H. The molecule has 1 heterocycles. The van der Waals surface area contributed by atoms with Crippen LogP contribution in [0.15, 0.2) is 42.5 Å². The molecule has 1 amide bonds. The number of carbonyl (C=O) groups excluding carboxylic acids is 1. The number of halogens is 1. The highest BCUT2D eigenvalue weighted by atomic mass is 35.5. The second-order valence-corrected chi connectivity index (χ2v) is 7.47. The van der Waals surface area contributed by atoms with Gasteiger partial charge in [-0.3, -0.25) is 4.79 Å². The minimum absolute atomic E-state index is 0. The number of nitrogens with one attached hydrogen (secondary N) is 1. The van der Waals surface area contributed by atoms with Gasteiger partial charge in [-0.15, -0.1) is 12.4 Å². The summed E-state index contributed by atoms with van der Waals surface area (Å²) in [6.07, 6.45) is 3.99. The highest BCUT2D eigenvalue weighted by Crippen LogP contribution is 2.25. The maximum atomic E-state index is 12.6. The molecule has 1 atom stereocenters. The number of hydrogen-bond acceptors (Lipinski definition) is 2. The molecule has 2 aromatic rings. The van der Waals surface area contributed by atoms with Gasteiger partial charge in [0.1, 0.15) is 0 Å². The third-order valence-corrected chi connectivity index (χ3v) is 5.71. The second-order valence-electron chi connectivity index (χ2n) is 7.47. The van der Waals surface area contributed by atoms with Crippen LogP contribution in [0.4, 0.5) is 0 Å². The van der Waals surface area contributed by atoms with Crippen LogP contribution in [0.25, 0.3) is 10.8 Å². The van der Waals surface area contributed by atoms with Crippen LogP contribution in [0, 0.1) is 11.8 Å². The van der Waals surface area contributed by atoms with Crippen molar-refractivity contribution in [2.24, 2.45) is 11.8 Å². The molecule has 26 heavy (non-hydrogen) atoms. The van der Waals surface area contributed by atoms with E-state index < -0.39 is 0 Å². The average molecular weight is 375 g/mol. The fourth-order valence-corrected chi connectivity index (χ4v) is 3.93. The summed E-state index contributed by atoms with van der Waals surface area (Å²) >= 11 is 0. The normalized spacial score (nSPS) is 16.1. The van der Waals surface area contributed by atoms with E-state index in [4.69, 9.17) is 0 Å². The van der Waals surface area contributed by atoms with Crippen LogP contribution in [0.2, 0.25) is 0 Å². The molecule has 1 saturated heterocycles. The van der Waals surface area contributed by atoms with Crippen molar-refractivity contribution in [1.82, 2.24) is 10.2 Å². The molecule has 0 radical (unpaired) electrons. The van der Waals surface area contributed by atoms with Gasteiger partial charge in [-0.2, -0.15) is 0 Å². The van der Waals surface area contributed by atoms with Crippen molar-refractivity contribution in [3.05, 3.63) is 48.0 Å². The minimum atomic E-state index is 0. The van der Waals surface area contributed by atoms with Crippen LogP contribution in [0.5, 0.6) is 0 Å². The molecule has 2 aromatic carbocycles. The van der Waals surface area contributed by atoms with E-state index in [0.29, 0.717) is 18.3 Å². The highest BCUT2D eigenvalue weighted by molar-refractivity contribution is 5.86. The number of fused-ring (bicyclic) bond motifs is 1. The van der Waals surface area contributed by atoms with Gasteiger partial charge in [-0.05, 0) is 60.5 Å². The summed E-state index contributed by atoms with van der Waals surface area (Å²) in [6, 6.07) is 14.9. The largest absolute Gasteiger partial charge is 0.345 e. The number of likely N-dealkylation sites (N-methyl/N-ethyl adjacent to an activating group) is 1. The van der Waals surface area contributed by atoms with Crippen LogP contribution in [-0.4, -0.2) is 37.5 Å². The summed E-state index contributed by atoms with van der Waals surface area (Å²) in [4.78, 5) is 14.5. The first-order chi connectivity index (χ1) is 12.1. The molecule has 142 valence electrons. The van der Waals surface area contributed by atoms with Crippen LogP contribution in [-0.2, 0) is 11.2 Å². The Balaban J connectivity index is 0.00000243. The van der Waals surface area contributed by atoms with Crippen LogP contribution in [0.3, 0.4) is 0 Å². The van der Waals surface area contributed by atoms with Gasteiger partial charge in [0, 0.05) is 20.0 Å². The van der Waals surface area contributed by atoms with Crippen molar-refractivity contribution >= 4 is 29.1 Å². The predicted molar refractivity (Wildman–Crippen MR) is 112 cm³/mol. The molecule has 0 aliphatic carbocycles. The predicted octanol–water partition coefficient (Wildman–Crippen LogP) is 4.29. The summed E-state index contributed by atoms with van der Waals surface area (Å²) in [5, 5.41) is 5.98. The maximum absolute atomic E-state index is 12.6. The molecule has 0 bridgehead atoms. The zero-order valence-corrected chi connectivity index (χ0v) is 16.7. The van der Waals surface area contributed by atoms with Crippen molar-refractivity contribution in [2.45, 2.75) is 32.6 Å². The second kappa shape index (κ2) is 9.94. The van der Waals surface area contributed by atoms with E-state index >= 15 is 0 Å². The molecule has 3 rings (SSSR count). The SMILES string of the molecule is CC(CC(=O)N(C)CCc1cccc2ccccc12)C1CCNCC1.Cl. The topological polar surface area (TPSA) is 32.3 Å². The molecular formula is C22H31ClN2O. The molecule has 1 aliphatic heterocycles. The Kier molecular flexibility index (Phi) is 7.92. The Bertz CT molecular complexity index is 707. The van der Waals surface area contributed by atoms with E-state index in [1.165, 1.54) is 29.2 Å². The summed E-state index contributed by atoms with van der Waals surface area (Å²) in [5.74, 6) is 1.46. The molecule has 0 aromatic heterocycles. The lowest BCUT2D eigenvalue weighted by Gasteiger charge is -2.29. The summed E-state index contributed by atoms with van der Waals surface area (Å²) in [7, 11) is 1.95. The lowest BCUT2D eigenvalue weighted by Crippen LogP contribution is -2.34. The molecule has 0 saturated carbocycles. The number of piperidine rings is 1. The molecule has 1 fully saturated rings. The number of hydrogen-bond donors (Lipinski definition) is 1. The van der Waals surface area contributed by atoms with Crippen LogP contribution < -0.4 is 5.32 Å². The first-order valence-electron chi connectivity index (χ1n) is 9.56. The van der Waals surface area contributed by atoms with Gasteiger partial charge < -0.3 is 10.2 Å². The van der Waals surface area contributed by atoms with Crippen molar-refractivity contribution in [2.75, 3.05) is 26.7 Å². The molecule has 1 N–H and O–H groups in total. The average Bonchev–Trinajstić information content (AvgIpc) is 2.66. The van der Waals surface area contributed by atoms with Gasteiger partial charge in [-0.25, -0.2) is 0 Å². The molecule has 4 heteroatoms. The first-order valence-corrected chi connectivity index (χ1v) is 9.56. The van der Waals surface area contributed by atoms with Gasteiger partial charge in [-0.1, -0.05) is 49.4 Å². The summed E-state index contributed by atoms with van der Waals surface area (Å²) < 4.78 is 0. The number of nitrogens with zero attached hydrogens (tertiary/aromatic N) is 1. The Morgan fingerprint density at radius 1 is 1.15 bits per heavy atom. The quantitative estimate of drug-likeness (QED) is 0.818. The van der Waals surface area contributed by atoms with Gasteiger partial charge in [0.2, 0.25) is 5.91 Å². The highest BCUT2D eigenvalue weighted by Gasteiger charge is 2.23. The Hall–Kier alpha value is -1.58. The first kappa shape index (κ1) is 20.7. The molecule has 0 spiro atoms. The number of rotatable bonds is 6. The summed E-state index contributed by atoms with van der Waals surface area (Å²) in [5.41, 5.74) is 1.32. The van der Waals surface area contributed by atoms with Crippen LogP contribution >= 0.6 is 12.4 Å². The van der Waals surface area contributed by atoms with Crippen molar-refractivity contribution in [1.29, 1.82) is 0 Å². The fourth-order valence-electron chi connectivity index (χ4n) is 3.93. The smallest absolute Gasteiger partial charge is 0.222 e. The van der Waals surface area contributed by atoms with Gasteiger partial charge in [0.25, 0.3) is 0 Å². The zero-order valence-electron chi connectivity index (χ0n) is 15.9. The van der Waals surface area contributed by atoms with Gasteiger partial charge >= 0.3 is 0 Å². The number of amides is 1. The van der Waals surface area contributed by atoms with E-state index in [9.17, 15) is 4.79 Å². The summed E-state index contributed by atoms with van der Waals surface area (Å²) in [6.45, 7) is 5.22. The molecule has 3 nitrogen and oxygen atoms in total. The van der Waals surface area contributed by atoms with E-state index in [2.05, 4.69) is 54.7 Å². The Labute approximate surface area is 163 Å². The number of benzene rings is 2. The maximum Gasteiger partial charge on any atom is 0.222 e. The number of carbonyl (C=O) groups is 1. The third kappa shape index (κ3) is 5.21. The molecular weight excluding hydrogens is 344 g/mol. The van der Waals surface area contributed by atoms with Crippen LogP contribution in [0.1, 0.15) is 31.7 Å². The lowest BCUT2D eigenvalue weighted by atomic mass is 9.84. The third-order valence-electron chi connectivity index (χ3n) is 5.71. The van der Waals surface area contributed by atoms with E-state index in [1.807, 2.05) is 11.9 Å². The monoisotopic (exact) mass is 374 g/mol. The lowest BCUT2D eigenvalue weighted by molar-refractivity contribution is -0.131. The van der Waals surface area contributed by atoms with Crippen molar-refractivity contribution in [3.63, 3.8) is 0 Å². The Morgan fingerprint density at radius 2 is 1.85 bits per heavy atom. The van der Waals surface area contributed by atoms with E-state index in [0.717, 1.165) is 26.1 Å².